The highest BCUT2D eigenvalue weighted by Gasteiger charge is 2.65. The van der Waals surface area contributed by atoms with Crippen LogP contribution in [0.5, 0.6) is 0 Å². The highest BCUT2D eigenvalue weighted by molar-refractivity contribution is 8.45. The van der Waals surface area contributed by atoms with Crippen molar-refractivity contribution in [2.45, 2.75) is 16.9 Å². The molecule has 1 aliphatic rings. The molecule has 1 saturated heterocycles. The van der Waals surface area contributed by atoms with Gasteiger partial charge in [-0.25, -0.2) is 9.78 Å². The molecule has 1 amide bonds. The summed E-state index contributed by atoms with van der Waals surface area (Å²) >= 11 is 0. The normalized spacial score (nSPS) is 19.1. The topological polar surface area (TPSA) is 87.2 Å². The van der Waals surface area contributed by atoms with Crippen LogP contribution in [0.25, 0.3) is 11.3 Å². The molecule has 0 radical (unpaired) electrons. The summed E-state index contributed by atoms with van der Waals surface area (Å²) < 4.78 is 68.7. The molecule has 0 aliphatic carbocycles. The Hall–Kier alpha value is -2.34. The van der Waals surface area contributed by atoms with Crippen LogP contribution in [0.15, 0.2) is 35.4 Å². The van der Waals surface area contributed by atoms with E-state index in [1.807, 2.05) is 0 Å². The minimum Gasteiger partial charge on any atom is -0.465 e. The molecule has 0 spiro atoms. The second-order valence-electron chi connectivity index (χ2n) is 6.11. The van der Waals surface area contributed by atoms with Gasteiger partial charge in [-0.05, 0) is 12.1 Å². The van der Waals surface area contributed by atoms with Crippen molar-refractivity contribution < 1.29 is 34.1 Å². The van der Waals surface area contributed by atoms with Gasteiger partial charge in [0.1, 0.15) is 10.7 Å². The molecule has 0 bridgehead atoms. The van der Waals surface area contributed by atoms with Gasteiger partial charge in [-0.15, -0.1) is 0 Å². The quantitative estimate of drug-likeness (QED) is 0.654. The zero-order valence-corrected chi connectivity index (χ0v) is 13.8. The van der Waals surface area contributed by atoms with Gasteiger partial charge in [-0.1, -0.05) is 31.6 Å². The highest BCUT2D eigenvalue weighted by atomic mass is 32.5. The maximum atomic E-state index is 12.7. The lowest BCUT2D eigenvalue weighted by Crippen LogP contribution is -2.63. The van der Waals surface area contributed by atoms with Crippen molar-refractivity contribution >= 4 is 16.3 Å². The van der Waals surface area contributed by atoms with Crippen molar-refractivity contribution in [2.75, 3.05) is 13.2 Å². The number of carbonyl (C=O) groups is 1. The molecule has 12 heteroatoms. The molecule has 144 valence electrons. The Morgan fingerprint density at radius 1 is 1.23 bits per heavy atom. The molecule has 1 aromatic heterocycles. The van der Waals surface area contributed by atoms with Crippen molar-refractivity contribution in [1.29, 1.82) is 0 Å². The number of H-pyrrole nitrogens is 1. The number of amides is 1. The van der Waals surface area contributed by atoms with E-state index in [1.165, 1.54) is 6.20 Å². The second-order valence-corrected chi connectivity index (χ2v) is 8.52. The number of aromatic amines is 1. The van der Waals surface area contributed by atoms with Crippen molar-refractivity contribution in [2.24, 2.45) is 0 Å². The molecule has 3 N–H and O–H groups in total. The van der Waals surface area contributed by atoms with Crippen molar-refractivity contribution in [3.05, 3.63) is 36.3 Å². The number of halogens is 5. The SMILES string of the molecule is O=C(O)NC1(Cc2nc(-c3ccc(S(F)(F)(F)(F)F)cc3)c[nH]2)COC1. The monoisotopic (exact) mass is 399 g/mol. The number of imidazole rings is 1. The Morgan fingerprint density at radius 2 is 1.85 bits per heavy atom. The Kier molecular flexibility index (Phi) is 3.62. The van der Waals surface area contributed by atoms with E-state index in [2.05, 4.69) is 15.3 Å². The van der Waals surface area contributed by atoms with Gasteiger partial charge in [-0.2, -0.15) is 0 Å². The number of nitrogens with zero attached hydrogens (tertiary/aromatic N) is 1. The second kappa shape index (κ2) is 5.10. The van der Waals surface area contributed by atoms with E-state index in [0.717, 1.165) is 12.1 Å². The van der Waals surface area contributed by atoms with Gasteiger partial charge in [0.05, 0.1) is 24.4 Å². The zero-order valence-electron chi connectivity index (χ0n) is 13.0. The molecular weight excluding hydrogens is 385 g/mol. The van der Waals surface area contributed by atoms with Crippen molar-refractivity contribution in [3.63, 3.8) is 0 Å². The molecular formula is C14H14F5N3O3S. The van der Waals surface area contributed by atoms with E-state index in [9.17, 15) is 24.2 Å². The first kappa shape index (κ1) is 18.5. The summed E-state index contributed by atoms with van der Waals surface area (Å²) in [4.78, 5) is 15.8. The number of benzene rings is 1. The van der Waals surface area contributed by atoms with E-state index in [0.29, 0.717) is 18.0 Å². The first-order valence-electron chi connectivity index (χ1n) is 7.24. The Labute approximate surface area is 144 Å². The molecule has 1 fully saturated rings. The van der Waals surface area contributed by atoms with Gasteiger partial charge in [-0.3, -0.25) is 0 Å². The number of rotatable bonds is 5. The molecule has 0 atom stereocenters. The van der Waals surface area contributed by atoms with Crippen molar-refractivity contribution in [3.8, 4) is 11.3 Å². The van der Waals surface area contributed by atoms with Crippen LogP contribution in [0.1, 0.15) is 5.82 Å². The highest BCUT2D eigenvalue weighted by Crippen LogP contribution is 3.02. The lowest BCUT2D eigenvalue weighted by molar-refractivity contribution is -0.0706. The number of hydrogen-bond donors (Lipinski definition) is 3. The summed E-state index contributed by atoms with van der Waals surface area (Å²) in [6.45, 7) is 0.321. The van der Waals surface area contributed by atoms with E-state index >= 15 is 0 Å². The van der Waals surface area contributed by atoms with Crippen LogP contribution in [0.3, 0.4) is 0 Å². The third-order valence-corrected chi connectivity index (χ3v) is 5.02. The van der Waals surface area contributed by atoms with Gasteiger partial charge in [0.15, 0.2) is 0 Å². The maximum Gasteiger partial charge on any atom is 0.405 e. The van der Waals surface area contributed by atoms with Crippen LogP contribution >= 0.6 is 10.2 Å². The summed E-state index contributed by atoms with van der Waals surface area (Å²) in [5.41, 5.74) is -0.366. The number of carboxylic acid groups (broad SMARTS) is 1. The molecule has 1 aliphatic heterocycles. The Bertz CT molecular complexity index is 847. The standard InChI is InChI=1S/C14H14F5N3O3S/c15-26(16,17,18,19)10-3-1-9(2-4-10)11-6-20-12(21-11)5-14(7-25-8-14)22-13(23)24/h1-4,6,22H,5,7-8H2,(H,20,21)(H,23,24). The molecule has 0 saturated carbocycles. The lowest BCUT2D eigenvalue weighted by Gasteiger charge is -2.40. The number of ether oxygens (including phenoxy) is 1. The molecule has 2 heterocycles. The summed E-state index contributed by atoms with van der Waals surface area (Å²) in [6, 6.07) is 2.45. The molecule has 6 nitrogen and oxygen atoms in total. The predicted molar refractivity (Wildman–Crippen MR) is 83.8 cm³/mol. The summed E-state index contributed by atoms with van der Waals surface area (Å²) in [7, 11) is -9.71. The van der Waals surface area contributed by atoms with Gasteiger partial charge in [0.25, 0.3) is 0 Å². The molecule has 1 aromatic carbocycles. The van der Waals surface area contributed by atoms with E-state index in [1.54, 1.807) is 0 Å². The minimum absolute atomic E-state index is 0.161. The number of nitrogens with one attached hydrogen (secondary N) is 2. The van der Waals surface area contributed by atoms with Crippen LogP contribution in [-0.4, -0.2) is 39.9 Å². The van der Waals surface area contributed by atoms with Gasteiger partial charge < -0.3 is 20.1 Å². The third kappa shape index (κ3) is 3.90. The van der Waals surface area contributed by atoms with Gasteiger partial charge >= 0.3 is 16.3 Å². The average Bonchev–Trinajstić information content (AvgIpc) is 2.90. The summed E-state index contributed by atoms with van der Waals surface area (Å²) in [5.74, 6) is 0.383. The molecule has 0 unspecified atom stereocenters. The fourth-order valence-electron chi connectivity index (χ4n) is 2.60. The average molecular weight is 399 g/mol. The van der Waals surface area contributed by atoms with Crippen LogP contribution < -0.4 is 5.32 Å². The van der Waals surface area contributed by atoms with E-state index in [-0.39, 0.29) is 30.9 Å². The molecule has 3 rings (SSSR count). The number of aromatic nitrogens is 2. The first-order chi connectivity index (χ1) is 11.8. The van der Waals surface area contributed by atoms with Crippen LogP contribution in [0.4, 0.5) is 24.2 Å². The molecule has 26 heavy (non-hydrogen) atoms. The first-order valence-corrected chi connectivity index (χ1v) is 9.19. The molecule has 2 aromatic rings. The lowest BCUT2D eigenvalue weighted by atomic mass is 9.93. The van der Waals surface area contributed by atoms with Gasteiger partial charge in [0.2, 0.25) is 0 Å². The van der Waals surface area contributed by atoms with Gasteiger partial charge in [0, 0.05) is 18.2 Å². The minimum atomic E-state index is -9.71. The summed E-state index contributed by atoms with van der Waals surface area (Å²) in [5, 5.41) is 11.2. The largest absolute Gasteiger partial charge is 0.465 e. The third-order valence-electron chi connectivity index (χ3n) is 3.86. The van der Waals surface area contributed by atoms with Crippen LogP contribution in [-0.2, 0) is 11.2 Å². The fraction of sp³-hybridized carbons (Fsp3) is 0.286. The Morgan fingerprint density at radius 3 is 2.31 bits per heavy atom. The zero-order chi connectivity index (χ0) is 19.3. The fourth-order valence-corrected chi connectivity index (χ4v) is 3.25. The summed E-state index contributed by atoms with van der Waals surface area (Å²) in [6.07, 6.45) is 0.368. The van der Waals surface area contributed by atoms with Crippen molar-refractivity contribution in [1.82, 2.24) is 15.3 Å². The van der Waals surface area contributed by atoms with Crippen LogP contribution in [0, 0.1) is 0 Å². The maximum absolute atomic E-state index is 12.7. The number of hydrogen-bond acceptors (Lipinski definition) is 3. The Balaban J connectivity index is 1.79. The smallest absolute Gasteiger partial charge is 0.405 e. The van der Waals surface area contributed by atoms with E-state index < -0.39 is 26.8 Å². The predicted octanol–water partition coefficient (Wildman–Crippen LogP) is 4.31. The van der Waals surface area contributed by atoms with Crippen LogP contribution in [0.2, 0.25) is 0 Å². The van der Waals surface area contributed by atoms with E-state index in [4.69, 9.17) is 9.84 Å².